The molecule has 0 radical (unpaired) electrons. The Balaban J connectivity index is 1.91. The minimum absolute atomic E-state index is 0.170. The van der Waals surface area contributed by atoms with Gasteiger partial charge in [0.2, 0.25) is 0 Å². The van der Waals surface area contributed by atoms with Crippen molar-refractivity contribution in [3.05, 3.63) is 57.2 Å². The zero-order valence-electron chi connectivity index (χ0n) is 11.9. The maximum atomic E-state index is 12.0. The van der Waals surface area contributed by atoms with E-state index < -0.39 is 0 Å². The molecule has 0 saturated carbocycles. The second kappa shape index (κ2) is 7.79. The summed E-state index contributed by atoms with van der Waals surface area (Å²) in [5, 5.41) is 4.10. The molecular weight excluding hydrogens is 345 g/mol. The van der Waals surface area contributed by atoms with E-state index in [4.69, 9.17) is 34.8 Å². The van der Waals surface area contributed by atoms with E-state index in [9.17, 15) is 4.79 Å². The van der Waals surface area contributed by atoms with Crippen LogP contribution < -0.4 is 10.2 Å². The number of aromatic nitrogens is 1. The molecular formula is C15H15Cl3N3O+. The van der Waals surface area contributed by atoms with Gasteiger partial charge in [-0.3, -0.25) is 4.79 Å². The van der Waals surface area contributed by atoms with Crippen LogP contribution in [0.25, 0.3) is 0 Å². The van der Waals surface area contributed by atoms with Crippen molar-refractivity contribution in [1.82, 2.24) is 4.98 Å². The predicted molar refractivity (Wildman–Crippen MR) is 89.8 cm³/mol. The van der Waals surface area contributed by atoms with Gasteiger partial charge in [-0.05, 0) is 18.2 Å². The van der Waals surface area contributed by atoms with Crippen molar-refractivity contribution in [2.24, 2.45) is 0 Å². The lowest BCUT2D eigenvalue weighted by atomic mass is 10.2. The smallest absolute Gasteiger partial charge is 0.280 e. The highest BCUT2D eigenvalue weighted by Gasteiger charge is 2.13. The maximum absolute atomic E-state index is 12.0. The topological polar surface area (TPSA) is 46.4 Å². The van der Waals surface area contributed by atoms with E-state index in [1.165, 1.54) is 12.3 Å². The number of nitrogens with one attached hydrogen (secondary N) is 2. The zero-order valence-corrected chi connectivity index (χ0v) is 14.1. The number of likely N-dealkylation sites (N-methyl/N-ethyl adjacent to an activating group) is 1. The summed E-state index contributed by atoms with van der Waals surface area (Å²) in [5.41, 5.74) is 1.07. The van der Waals surface area contributed by atoms with Crippen LogP contribution in [0.4, 0.5) is 5.82 Å². The molecule has 0 aliphatic rings. The van der Waals surface area contributed by atoms with Crippen LogP contribution in [0.15, 0.2) is 36.5 Å². The van der Waals surface area contributed by atoms with Crippen molar-refractivity contribution in [3.8, 4) is 0 Å². The standard InChI is InChI=1S/C15H14Cl3N3O/c1-21(8-10-3-2-4-11(16)5-10)9-14(22)20-15-13(18)6-12(17)7-19-15/h2-7H,8-9H2,1H3,(H,19,20,22)/p+1. The van der Waals surface area contributed by atoms with E-state index in [1.807, 2.05) is 31.3 Å². The minimum Gasteiger partial charge on any atom is -0.326 e. The van der Waals surface area contributed by atoms with E-state index >= 15 is 0 Å². The van der Waals surface area contributed by atoms with E-state index in [2.05, 4.69) is 10.3 Å². The second-order valence-electron chi connectivity index (χ2n) is 4.97. The molecule has 0 aliphatic heterocycles. The molecule has 1 heterocycles. The first kappa shape index (κ1) is 17.0. The van der Waals surface area contributed by atoms with Crippen molar-refractivity contribution in [2.75, 3.05) is 18.9 Å². The van der Waals surface area contributed by atoms with Crippen molar-refractivity contribution in [2.45, 2.75) is 6.54 Å². The fourth-order valence-electron chi connectivity index (χ4n) is 2.01. The molecule has 1 atom stereocenters. The number of anilines is 1. The van der Waals surface area contributed by atoms with Gasteiger partial charge < -0.3 is 10.2 Å². The molecule has 2 N–H and O–H groups in total. The van der Waals surface area contributed by atoms with Crippen molar-refractivity contribution in [3.63, 3.8) is 0 Å². The fraction of sp³-hybridized carbons (Fsp3) is 0.200. The summed E-state index contributed by atoms with van der Waals surface area (Å²) < 4.78 is 0. The molecule has 0 bridgehead atoms. The van der Waals surface area contributed by atoms with Gasteiger partial charge in [0.15, 0.2) is 12.4 Å². The normalized spacial score (nSPS) is 12.0. The van der Waals surface area contributed by atoms with Gasteiger partial charge in [0.25, 0.3) is 5.91 Å². The first-order chi connectivity index (χ1) is 10.4. The van der Waals surface area contributed by atoms with Crippen LogP contribution in [-0.4, -0.2) is 24.5 Å². The number of amides is 1. The maximum Gasteiger partial charge on any atom is 0.280 e. The summed E-state index contributed by atoms with van der Waals surface area (Å²) in [6, 6.07) is 9.11. The van der Waals surface area contributed by atoms with Crippen molar-refractivity contribution in [1.29, 1.82) is 0 Å². The Morgan fingerprint density at radius 3 is 2.68 bits per heavy atom. The quantitative estimate of drug-likeness (QED) is 0.862. The average Bonchev–Trinajstić information content (AvgIpc) is 2.41. The number of nitrogens with zero attached hydrogens (tertiary/aromatic N) is 1. The molecule has 1 amide bonds. The number of hydrogen-bond acceptors (Lipinski definition) is 2. The molecule has 2 rings (SSSR count). The zero-order chi connectivity index (χ0) is 16.1. The van der Waals surface area contributed by atoms with Crippen molar-refractivity contribution < 1.29 is 9.69 Å². The Kier molecular flexibility index (Phi) is 6.03. The summed E-state index contributed by atoms with van der Waals surface area (Å²) in [6.45, 7) is 0.975. The molecule has 0 aliphatic carbocycles. The molecule has 0 saturated heterocycles. The molecule has 22 heavy (non-hydrogen) atoms. The van der Waals surface area contributed by atoms with E-state index in [0.29, 0.717) is 27.4 Å². The average molecular weight is 360 g/mol. The molecule has 4 nitrogen and oxygen atoms in total. The number of benzene rings is 1. The van der Waals surface area contributed by atoms with Crippen LogP contribution in [0.5, 0.6) is 0 Å². The first-order valence-electron chi connectivity index (χ1n) is 6.60. The highest BCUT2D eigenvalue weighted by Crippen LogP contribution is 2.22. The first-order valence-corrected chi connectivity index (χ1v) is 7.74. The molecule has 1 aromatic carbocycles. The number of pyridine rings is 1. The summed E-state index contributed by atoms with van der Waals surface area (Å²) in [4.78, 5) is 17.0. The summed E-state index contributed by atoms with van der Waals surface area (Å²) in [7, 11) is 1.93. The Hall–Kier alpha value is -1.33. The molecule has 1 unspecified atom stereocenters. The van der Waals surface area contributed by atoms with Crippen LogP contribution in [0, 0.1) is 0 Å². The van der Waals surface area contributed by atoms with Gasteiger partial charge in [-0.25, -0.2) is 4.98 Å². The van der Waals surface area contributed by atoms with Crippen molar-refractivity contribution >= 4 is 46.5 Å². The highest BCUT2D eigenvalue weighted by atomic mass is 35.5. The monoisotopic (exact) mass is 358 g/mol. The third-order valence-electron chi connectivity index (χ3n) is 2.92. The molecule has 1 aromatic heterocycles. The van der Waals surface area contributed by atoms with Crippen LogP contribution >= 0.6 is 34.8 Å². The number of quaternary nitrogens is 1. The molecule has 2 aromatic rings. The van der Waals surface area contributed by atoms with Gasteiger partial charge in [-0.2, -0.15) is 0 Å². The van der Waals surface area contributed by atoms with Crippen LogP contribution in [0.1, 0.15) is 5.56 Å². The lowest BCUT2D eigenvalue weighted by molar-refractivity contribution is -0.885. The van der Waals surface area contributed by atoms with Gasteiger partial charge in [0.05, 0.1) is 17.1 Å². The summed E-state index contributed by atoms with van der Waals surface area (Å²) in [6.07, 6.45) is 1.44. The van der Waals surface area contributed by atoms with E-state index in [1.54, 1.807) is 0 Å². The fourth-order valence-corrected chi connectivity index (χ4v) is 2.66. The van der Waals surface area contributed by atoms with Crippen LogP contribution in [0.2, 0.25) is 15.1 Å². The molecule has 0 spiro atoms. The Labute approximate surface area is 144 Å². The second-order valence-corrected chi connectivity index (χ2v) is 6.25. The minimum atomic E-state index is -0.170. The van der Waals surface area contributed by atoms with Gasteiger partial charge in [-0.1, -0.05) is 46.9 Å². The van der Waals surface area contributed by atoms with E-state index in [-0.39, 0.29) is 12.5 Å². The van der Waals surface area contributed by atoms with Gasteiger partial charge in [0, 0.05) is 16.8 Å². The number of carbonyl (C=O) groups is 1. The number of halogens is 3. The third-order valence-corrected chi connectivity index (χ3v) is 3.65. The lowest BCUT2D eigenvalue weighted by Crippen LogP contribution is -3.08. The number of rotatable bonds is 5. The summed E-state index contributed by atoms with van der Waals surface area (Å²) in [5.74, 6) is 0.142. The lowest BCUT2D eigenvalue weighted by Gasteiger charge is -2.14. The molecule has 7 heteroatoms. The van der Waals surface area contributed by atoms with E-state index in [0.717, 1.165) is 10.5 Å². The Bertz CT molecular complexity index is 679. The molecule has 0 fully saturated rings. The third kappa shape index (κ3) is 5.14. The van der Waals surface area contributed by atoms with Gasteiger partial charge in [0.1, 0.15) is 6.54 Å². The van der Waals surface area contributed by atoms with Gasteiger partial charge >= 0.3 is 0 Å². The van der Waals surface area contributed by atoms with Crippen LogP contribution in [0.3, 0.4) is 0 Å². The van der Waals surface area contributed by atoms with Gasteiger partial charge in [-0.15, -0.1) is 0 Å². The predicted octanol–water partition coefficient (Wildman–Crippen LogP) is 2.70. The SMILES string of the molecule is C[NH+](CC(=O)Nc1ncc(Cl)cc1Cl)Cc1cccc(Cl)c1. The Morgan fingerprint density at radius 2 is 2.00 bits per heavy atom. The van der Waals surface area contributed by atoms with Crippen LogP contribution in [-0.2, 0) is 11.3 Å². The Morgan fingerprint density at radius 1 is 1.23 bits per heavy atom. The largest absolute Gasteiger partial charge is 0.326 e. The summed E-state index contributed by atoms with van der Waals surface area (Å²) >= 11 is 17.7. The number of hydrogen-bond donors (Lipinski definition) is 2. The molecule has 116 valence electrons. The highest BCUT2D eigenvalue weighted by molar-refractivity contribution is 6.36. The number of carbonyl (C=O) groups excluding carboxylic acids is 1.